The summed E-state index contributed by atoms with van der Waals surface area (Å²) in [7, 11) is 0. The van der Waals surface area contributed by atoms with Crippen molar-refractivity contribution >= 4 is 27.6 Å². The van der Waals surface area contributed by atoms with E-state index in [9.17, 15) is 9.90 Å². The number of nitrogens with zero attached hydrogens (tertiary/aromatic N) is 1. The minimum Gasteiger partial charge on any atom is -0.480 e. The summed E-state index contributed by atoms with van der Waals surface area (Å²) >= 11 is 3.50. The summed E-state index contributed by atoms with van der Waals surface area (Å²) in [6.07, 6.45) is 1.94. The van der Waals surface area contributed by atoms with Crippen molar-refractivity contribution in [1.29, 1.82) is 0 Å². The number of rotatable bonds is 4. The van der Waals surface area contributed by atoms with E-state index in [2.05, 4.69) is 28.1 Å². The average molecular weight is 346 g/mol. The molecule has 3 nitrogen and oxygen atoms in total. The summed E-state index contributed by atoms with van der Waals surface area (Å²) in [6.45, 7) is 0.0180. The maximum atomic E-state index is 11.3. The number of fused-ring (bicyclic) bond motifs is 1. The second kappa shape index (κ2) is 5.90. The Kier molecular flexibility index (Phi) is 3.97. The van der Waals surface area contributed by atoms with E-state index in [1.807, 2.05) is 41.3 Å². The molecule has 108 valence electrons. The van der Waals surface area contributed by atoms with Crippen LogP contribution < -0.4 is 4.90 Å². The first-order valence-electron chi connectivity index (χ1n) is 6.97. The smallest absolute Gasteiger partial charge is 0.323 e. The van der Waals surface area contributed by atoms with Gasteiger partial charge in [0.05, 0.1) is 6.04 Å². The molecule has 4 heteroatoms. The number of carboxylic acid groups (broad SMARTS) is 1. The number of anilines is 1. The summed E-state index contributed by atoms with van der Waals surface area (Å²) in [5, 5.41) is 9.25. The zero-order chi connectivity index (χ0) is 14.8. The van der Waals surface area contributed by atoms with Crippen LogP contribution in [0.3, 0.4) is 0 Å². The third-order valence-corrected chi connectivity index (χ3v) is 4.41. The number of aliphatic carboxylic acids is 1. The molecule has 0 amide bonds. The molecule has 0 bridgehead atoms. The lowest BCUT2D eigenvalue weighted by atomic mass is 10.1. The molecule has 0 fully saturated rings. The van der Waals surface area contributed by atoms with Gasteiger partial charge in [-0.15, -0.1) is 0 Å². The van der Waals surface area contributed by atoms with Gasteiger partial charge in [0.15, 0.2) is 0 Å². The highest BCUT2D eigenvalue weighted by molar-refractivity contribution is 9.10. The number of hydrogen-bond donors (Lipinski definition) is 1. The van der Waals surface area contributed by atoms with Gasteiger partial charge in [-0.2, -0.15) is 0 Å². The Morgan fingerprint density at radius 2 is 2.00 bits per heavy atom. The molecule has 1 aliphatic rings. The fraction of sp³-hybridized carbons (Fsp3) is 0.235. The Morgan fingerprint density at radius 3 is 2.71 bits per heavy atom. The van der Waals surface area contributed by atoms with E-state index in [1.54, 1.807) is 0 Å². The largest absolute Gasteiger partial charge is 0.480 e. The maximum Gasteiger partial charge on any atom is 0.323 e. The monoisotopic (exact) mass is 345 g/mol. The molecule has 2 aromatic rings. The molecule has 1 atom stereocenters. The van der Waals surface area contributed by atoms with Crippen LogP contribution in [0, 0.1) is 0 Å². The van der Waals surface area contributed by atoms with Crippen molar-refractivity contribution in [3.8, 4) is 0 Å². The van der Waals surface area contributed by atoms with Gasteiger partial charge >= 0.3 is 5.97 Å². The number of halogens is 1. The zero-order valence-electron chi connectivity index (χ0n) is 11.5. The fourth-order valence-corrected chi connectivity index (χ4v) is 3.44. The SMILES string of the molecule is O=C(O)CN(c1ccccc1)C1CCc2cc(Br)ccc21. The third kappa shape index (κ3) is 2.95. The van der Waals surface area contributed by atoms with Crippen LogP contribution in [-0.4, -0.2) is 17.6 Å². The molecular weight excluding hydrogens is 330 g/mol. The van der Waals surface area contributed by atoms with Gasteiger partial charge in [0, 0.05) is 10.2 Å². The highest BCUT2D eigenvalue weighted by Gasteiger charge is 2.29. The second-order valence-corrected chi connectivity index (χ2v) is 6.17. The van der Waals surface area contributed by atoms with Gasteiger partial charge in [0.25, 0.3) is 0 Å². The molecule has 0 spiro atoms. The average Bonchev–Trinajstić information content (AvgIpc) is 2.88. The van der Waals surface area contributed by atoms with Crippen LogP contribution in [0.15, 0.2) is 53.0 Å². The predicted molar refractivity (Wildman–Crippen MR) is 86.6 cm³/mol. The van der Waals surface area contributed by atoms with E-state index >= 15 is 0 Å². The summed E-state index contributed by atoms with van der Waals surface area (Å²) in [4.78, 5) is 13.2. The van der Waals surface area contributed by atoms with Crippen LogP contribution in [-0.2, 0) is 11.2 Å². The maximum absolute atomic E-state index is 11.3. The van der Waals surface area contributed by atoms with Crippen molar-refractivity contribution in [3.63, 3.8) is 0 Å². The lowest BCUT2D eigenvalue weighted by molar-refractivity contribution is -0.135. The van der Waals surface area contributed by atoms with E-state index in [1.165, 1.54) is 11.1 Å². The van der Waals surface area contributed by atoms with E-state index < -0.39 is 5.97 Å². The molecule has 0 saturated heterocycles. The Morgan fingerprint density at radius 1 is 1.24 bits per heavy atom. The van der Waals surface area contributed by atoms with Gasteiger partial charge in [-0.05, 0) is 48.2 Å². The molecule has 0 radical (unpaired) electrons. The van der Waals surface area contributed by atoms with Crippen molar-refractivity contribution < 1.29 is 9.90 Å². The van der Waals surface area contributed by atoms with E-state index in [0.717, 1.165) is 23.0 Å². The molecule has 0 aliphatic heterocycles. The fourth-order valence-electron chi connectivity index (χ4n) is 3.03. The first-order valence-corrected chi connectivity index (χ1v) is 7.76. The molecule has 0 heterocycles. The Labute approximate surface area is 132 Å². The van der Waals surface area contributed by atoms with Gasteiger partial charge in [-0.25, -0.2) is 0 Å². The van der Waals surface area contributed by atoms with Gasteiger partial charge in [-0.1, -0.05) is 40.2 Å². The van der Waals surface area contributed by atoms with Crippen molar-refractivity contribution in [2.75, 3.05) is 11.4 Å². The number of hydrogen-bond acceptors (Lipinski definition) is 2. The normalized spacial score (nSPS) is 16.5. The van der Waals surface area contributed by atoms with Crippen molar-refractivity contribution in [1.82, 2.24) is 0 Å². The Bertz CT molecular complexity index is 657. The number of aryl methyl sites for hydroxylation is 1. The summed E-state index contributed by atoms with van der Waals surface area (Å²) in [6, 6.07) is 16.2. The number of carboxylic acids is 1. The van der Waals surface area contributed by atoms with Crippen LogP contribution in [0.1, 0.15) is 23.6 Å². The molecule has 1 N–H and O–H groups in total. The van der Waals surface area contributed by atoms with Crippen molar-refractivity contribution in [3.05, 3.63) is 64.1 Å². The zero-order valence-corrected chi connectivity index (χ0v) is 13.1. The van der Waals surface area contributed by atoms with Crippen LogP contribution in [0.25, 0.3) is 0 Å². The van der Waals surface area contributed by atoms with Crippen LogP contribution >= 0.6 is 15.9 Å². The predicted octanol–water partition coefficient (Wildman–Crippen LogP) is 4.03. The topological polar surface area (TPSA) is 40.5 Å². The Hall–Kier alpha value is -1.81. The molecule has 3 rings (SSSR count). The molecule has 2 aromatic carbocycles. The van der Waals surface area contributed by atoms with E-state index in [-0.39, 0.29) is 12.6 Å². The first-order chi connectivity index (χ1) is 10.1. The number of carbonyl (C=O) groups is 1. The molecule has 0 saturated carbocycles. The molecular formula is C17H16BrNO2. The standard InChI is InChI=1S/C17H16BrNO2/c18-13-7-8-15-12(10-13)6-9-16(15)19(11-17(20)21)14-4-2-1-3-5-14/h1-5,7-8,10,16H,6,9,11H2,(H,20,21). The van der Waals surface area contributed by atoms with Crippen molar-refractivity contribution in [2.24, 2.45) is 0 Å². The van der Waals surface area contributed by atoms with Crippen LogP contribution in [0.2, 0.25) is 0 Å². The van der Waals surface area contributed by atoms with Crippen molar-refractivity contribution in [2.45, 2.75) is 18.9 Å². The van der Waals surface area contributed by atoms with E-state index in [4.69, 9.17) is 0 Å². The third-order valence-electron chi connectivity index (χ3n) is 3.92. The van der Waals surface area contributed by atoms with Gasteiger partial charge in [0.1, 0.15) is 6.54 Å². The summed E-state index contributed by atoms with van der Waals surface area (Å²) in [5.74, 6) is -0.801. The van der Waals surface area contributed by atoms with Gasteiger partial charge in [0.2, 0.25) is 0 Å². The Balaban J connectivity index is 1.98. The lowest BCUT2D eigenvalue weighted by Gasteiger charge is -2.30. The lowest BCUT2D eigenvalue weighted by Crippen LogP contribution is -2.32. The van der Waals surface area contributed by atoms with Crippen LogP contribution in [0.4, 0.5) is 5.69 Å². The highest BCUT2D eigenvalue weighted by atomic mass is 79.9. The minimum atomic E-state index is -0.801. The quantitative estimate of drug-likeness (QED) is 0.909. The number of benzene rings is 2. The molecule has 21 heavy (non-hydrogen) atoms. The highest BCUT2D eigenvalue weighted by Crippen LogP contribution is 2.39. The van der Waals surface area contributed by atoms with Gasteiger partial charge in [-0.3, -0.25) is 4.79 Å². The van der Waals surface area contributed by atoms with Gasteiger partial charge < -0.3 is 10.0 Å². The molecule has 0 aromatic heterocycles. The second-order valence-electron chi connectivity index (χ2n) is 5.25. The van der Waals surface area contributed by atoms with Crippen LogP contribution in [0.5, 0.6) is 0 Å². The molecule has 1 aliphatic carbocycles. The number of para-hydroxylation sites is 1. The summed E-state index contributed by atoms with van der Waals surface area (Å²) in [5.41, 5.74) is 3.50. The first kappa shape index (κ1) is 14.1. The minimum absolute atomic E-state index is 0.0180. The van der Waals surface area contributed by atoms with E-state index in [0.29, 0.717) is 0 Å². The molecule has 1 unspecified atom stereocenters. The summed E-state index contributed by atoms with van der Waals surface area (Å²) < 4.78 is 1.08.